The number of benzene rings is 1. The molecular weight excluding hydrogens is 258 g/mol. The molecule has 0 N–H and O–H groups in total. The summed E-state index contributed by atoms with van der Waals surface area (Å²) in [6, 6.07) is 12.4. The first-order valence-electron chi connectivity index (χ1n) is 5.51. The molecule has 0 saturated heterocycles. The Hall–Kier alpha value is -2.51. The first kappa shape index (κ1) is 12.9. The molecule has 3 nitrogen and oxygen atoms in total. The van der Waals surface area contributed by atoms with Crippen molar-refractivity contribution >= 4 is 29.0 Å². The predicted octanol–water partition coefficient (Wildman–Crippen LogP) is 3.35. The molecule has 1 aromatic heterocycles. The summed E-state index contributed by atoms with van der Waals surface area (Å²) < 4.78 is 0. The second-order valence-electron chi connectivity index (χ2n) is 3.75. The van der Waals surface area contributed by atoms with E-state index >= 15 is 0 Å². The molecule has 0 aliphatic heterocycles. The molecule has 0 radical (unpaired) electrons. The Kier molecular flexibility index (Phi) is 4.01. The summed E-state index contributed by atoms with van der Waals surface area (Å²) in [4.78, 5) is 23.5. The van der Waals surface area contributed by atoms with E-state index in [0.717, 1.165) is 16.9 Å². The normalized spacial score (nSPS) is 10.3. The summed E-state index contributed by atoms with van der Waals surface area (Å²) in [5.74, 6) is -0.798. The van der Waals surface area contributed by atoms with E-state index in [9.17, 15) is 9.59 Å². The lowest BCUT2D eigenvalue weighted by atomic mass is 10.1. The molecule has 1 heterocycles. The van der Waals surface area contributed by atoms with Gasteiger partial charge in [-0.15, -0.1) is 11.3 Å². The smallest absolute Gasteiger partial charge is 0.263 e. The molecule has 0 bridgehead atoms. The lowest BCUT2D eigenvalue weighted by Crippen LogP contribution is -1.93. The third-order valence-corrected chi connectivity index (χ3v) is 3.38. The van der Waals surface area contributed by atoms with Crippen LogP contribution < -0.4 is 0 Å². The third kappa shape index (κ3) is 3.24. The van der Waals surface area contributed by atoms with Gasteiger partial charge in [-0.2, -0.15) is 5.26 Å². The Morgan fingerprint density at radius 3 is 2.63 bits per heavy atom. The van der Waals surface area contributed by atoms with E-state index in [1.54, 1.807) is 6.08 Å². The van der Waals surface area contributed by atoms with Gasteiger partial charge in [0.25, 0.3) is 5.78 Å². The highest BCUT2D eigenvalue weighted by Gasteiger charge is 2.11. The minimum Gasteiger partial charge on any atom is -0.288 e. The van der Waals surface area contributed by atoms with Gasteiger partial charge in [-0.3, -0.25) is 9.59 Å². The van der Waals surface area contributed by atoms with Crippen LogP contribution in [0.4, 0.5) is 0 Å². The van der Waals surface area contributed by atoms with Gasteiger partial charge in [-0.1, -0.05) is 36.4 Å². The second kappa shape index (κ2) is 5.89. The van der Waals surface area contributed by atoms with Crippen LogP contribution >= 0.6 is 11.3 Å². The number of Topliss-reactive ketones (excluding diaryl/α,β-unsaturated/α-hetero) is 1. The molecule has 4 heteroatoms. The molecule has 0 amide bonds. The Balaban J connectivity index is 2.13. The number of carbonyl (C=O) groups excluding carboxylic acids is 2. The van der Waals surface area contributed by atoms with Crippen molar-refractivity contribution in [3.8, 4) is 6.07 Å². The molecule has 0 atom stereocenters. The highest BCUT2D eigenvalue weighted by atomic mass is 32.1. The number of nitriles is 1. The van der Waals surface area contributed by atoms with Crippen LogP contribution in [0, 0.1) is 11.3 Å². The summed E-state index contributed by atoms with van der Waals surface area (Å²) in [6.45, 7) is 0. The average Bonchev–Trinajstić information content (AvgIpc) is 2.95. The molecule has 1 aromatic carbocycles. The monoisotopic (exact) mass is 267 g/mol. The molecule has 0 unspecified atom stereocenters. The van der Waals surface area contributed by atoms with E-state index in [2.05, 4.69) is 0 Å². The second-order valence-corrected chi connectivity index (χ2v) is 4.66. The number of hydrogen-bond acceptors (Lipinski definition) is 4. The van der Waals surface area contributed by atoms with E-state index < -0.39 is 5.78 Å². The molecule has 0 aliphatic rings. The molecule has 0 aliphatic carbocycles. The first-order valence-corrected chi connectivity index (χ1v) is 6.39. The fraction of sp³-hybridized carbons (Fsp3) is 0. The van der Waals surface area contributed by atoms with Crippen LogP contribution in [-0.2, 0) is 0 Å². The fourth-order valence-corrected chi connectivity index (χ4v) is 2.28. The topological polar surface area (TPSA) is 57.9 Å². The Morgan fingerprint density at radius 2 is 1.95 bits per heavy atom. The molecule has 92 valence electrons. The quantitative estimate of drug-likeness (QED) is 0.485. The number of rotatable bonds is 4. The highest BCUT2D eigenvalue weighted by molar-refractivity contribution is 7.12. The zero-order chi connectivity index (χ0) is 13.7. The maximum absolute atomic E-state index is 11.9. The van der Waals surface area contributed by atoms with Crippen molar-refractivity contribution in [2.24, 2.45) is 0 Å². The Morgan fingerprint density at radius 1 is 1.21 bits per heavy atom. The Bertz CT molecular complexity index is 678. The van der Waals surface area contributed by atoms with Crippen molar-refractivity contribution in [3.05, 3.63) is 63.9 Å². The number of thiophene rings is 1. The predicted molar refractivity (Wildman–Crippen MR) is 74.1 cm³/mol. The largest absolute Gasteiger partial charge is 0.288 e. The number of hydrogen-bond donors (Lipinski definition) is 0. The molecule has 2 rings (SSSR count). The van der Waals surface area contributed by atoms with E-state index in [1.807, 2.05) is 30.3 Å². The molecule has 0 fully saturated rings. The van der Waals surface area contributed by atoms with Crippen LogP contribution in [0.1, 0.15) is 25.6 Å². The van der Waals surface area contributed by atoms with Crippen molar-refractivity contribution in [2.45, 2.75) is 0 Å². The number of nitrogens with zero attached hydrogens (tertiary/aromatic N) is 1. The maximum Gasteiger partial charge on any atom is 0.263 e. The number of ketones is 2. The minimum atomic E-state index is -0.623. The van der Waals surface area contributed by atoms with Crippen molar-refractivity contribution in [1.29, 1.82) is 5.26 Å². The van der Waals surface area contributed by atoms with Crippen LogP contribution in [0.5, 0.6) is 0 Å². The van der Waals surface area contributed by atoms with Crippen LogP contribution in [0.25, 0.3) is 6.08 Å². The minimum absolute atomic E-state index is 0.175. The Labute approximate surface area is 114 Å². The summed E-state index contributed by atoms with van der Waals surface area (Å²) in [5.41, 5.74) is 1.20. The van der Waals surface area contributed by atoms with E-state index in [1.165, 1.54) is 23.6 Å². The standard InChI is InChI=1S/C15H9NO2S/c16-9-14(18)12-8-15(19-10-12)13(17)7-6-11-4-2-1-3-5-11/h1-8,10H. The lowest BCUT2D eigenvalue weighted by molar-refractivity contribution is 0.104. The van der Waals surface area contributed by atoms with Crippen molar-refractivity contribution in [2.75, 3.05) is 0 Å². The van der Waals surface area contributed by atoms with Gasteiger partial charge in [-0.25, -0.2) is 0 Å². The van der Waals surface area contributed by atoms with Gasteiger partial charge in [0.15, 0.2) is 5.78 Å². The molecule has 0 spiro atoms. The summed E-state index contributed by atoms with van der Waals surface area (Å²) in [7, 11) is 0. The maximum atomic E-state index is 11.9. The van der Waals surface area contributed by atoms with E-state index in [-0.39, 0.29) is 11.3 Å². The van der Waals surface area contributed by atoms with Crippen molar-refractivity contribution < 1.29 is 9.59 Å². The lowest BCUT2D eigenvalue weighted by Gasteiger charge is -1.91. The van der Waals surface area contributed by atoms with Gasteiger partial charge in [-0.05, 0) is 17.7 Å². The number of allylic oxidation sites excluding steroid dienone is 1. The van der Waals surface area contributed by atoms with Gasteiger partial charge in [0.05, 0.1) is 4.88 Å². The number of carbonyl (C=O) groups is 2. The van der Waals surface area contributed by atoms with Crippen LogP contribution in [0.3, 0.4) is 0 Å². The molecule has 19 heavy (non-hydrogen) atoms. The van der Waals surface area contributed by atoms with E-state index in [0.29, 0.717) is 4.88 Å². The summed E-state index contributed by atoms with van der Waals surface area (Å²) in [6.07, 6.45) is 3.18. The molecule has 0 saturated carbocycles. The summed E-state index contributed by atoms with van der Waals surface area (Å²) >= 11 is 1.16. The highest BCUT2D eigenvalue weighted by Crippen LogP contribution is 2.16. The third-order valence-electron chi connectivity index (χ3n) is 2.43. The fourth-order valence-electron chi connectivity index (χ4n) is 1.47. The average molecular weight is 267 g/mol. The van der Waals surface area contributed by atoms with Gasteiger partial charge in [0, 0.05) is 10.9 Å². The summed E-state index contributed by atoms with van der Waals surface area (Å²) in [5, 5.41) is 10.0. The van der Waals surface area contributed by atoms with Gasteiger partial charge < -0.3 is 0 Å². The van der Waals surface area contributed by atoms with Crippen LogP contribution in [0.2, 0.25) is 0 Å². The molecule has 2 aromatic rings. The van der Waals surface area contributed by atoms with Gasteiger partial charge >= 0.3 is 0 Å². The van der Waals surface area contributed by atoms with Crippen LogP contribution in [-0.4, -0.2) is 11.6 Å². The zero-order valence-electron chi connectivity index (χ0n) is 9.87. The van der Waals surface area contributed by atoms with Crippen LogP contribution in [0.15, 0.2) is 47.9 Å². The zero-order valence-corrected chi connectivity index (χ0v) is 10.7. The molecular formula is C15H9NO2S. The van der Waals surface area contributed by atoms with Crippen molar-refractivity contribution in [1.82, 2.24) is 0 Å². The first-order chi connectivity index (χ1) is 9.20. The van der Waals surface area contributed by atoms with E-state index in [4.69, 9.17) is 5.26 Å². The van der Waals surface area contributed by atoms with Crippen molar-refractivity contribution in [3.63, 3.8) is 0 Å². The van der Waals surface area contributed by atoms with Gasteiger partial charge in [0.2, 0.25) is 0 Å². The SMILES string of the molecule is N#CC(=O)c1csc(C(=O)C=Cc2ccccc2)c1. The van der Waals surface area contributed by atoms with Gasteiger partial charge in [0.1, 0.15) is 6.07 Å².